The first-order valence-corrected chi connectivity index (χ1v) is 20.6. The summed E-state index contributed by atoms with van der Waals surface area (Å²) in [6.45, 7) is 15.0. The number of aromatic nitrogens is 1. The fourth-order valence-electron chi connectivity index (χ4n) is 8.35. The van der Waals surface area contributed by atoms with Gasteiger partial charge in [-0.3, -0.25) is 14.5 Å². The molecule has 296 valence electrons. The highest BCUT2D eigenvalue weighted by Gasteiger charge is 2.35. The fourth-order valence-corrected chi connectivity index (χ4v) is 8.35. The van der Waals surface area contributed by atoms with Gasteiger partial charge in [-0.25, -0.2) is 4.79 Å². The van der Waals surface area contributed by atoms with Crippen LogP contribution >= 0.6 is 0 Å². The molecule has 3 aliphatic heterocycles. The second kappa shape index (κ2) is 17.9. The zero-order chi connectivity index (χ0) is 39.2. The number of morpholine rings is 1. The fraction of sp³-hybridized carbons (Fsp3) is 0.457. The minimum atomic E-state index is -0.409. The summed E-state index contributed by atoms with van der Waals surface area (Å²) in [5.74, 6) is 0.492. The Hall–Kier alpha value is -4.93. The molecule has 0 unspecified atom stereocenters. The largest absolute Gasteiger partial charge is 0.415 e. The monoisotopic (exact) mass is 759 g/mol. The number of benzene rings is 3. The summed E-state index contributed by atoms with van der Waals surface area (Å²) in [6, 6.07) is 21.7. The van der Waals surface area contributed by atoms with Gasteiger partial charge in [0.1, 0.15) is 5.75 Å². The molecule has 56 heavy (non-hydrogen) atoms. The first-order valence-electron chi connectivity index (χ1n) is 20.6. The Balaban J connectivity index is 1.28. The molecule has 0 aliphatic carbocycles. The Kier molecular flexibility index (Phi) is 12.6. The molecule has 0 N–H and O–H groups in total. The molecule has 10 heteroatoms. The summed E-state index contributed by atoms with van der Waals surface area (Å²) < 4.78 is 13.5. The van der Waals surface area contributed by atoms with Gasteiger partial charge in [-0.2, -0.15) is 0 Å². The minimum Gasteiger partial charge on any atom is -0.410 e. The molecular formula is C46H57N5O5. The summed E-state index contributed by atoms with van der Waals surface area (Å²) in [7, 11) is 0. The van der Waals surface area contributed by atoms with Crippen molar-refractivity contribution >= 4 is 17.9 Å². The smallest absolute Gasteiger partial charge is 0.410 e. The van der Waals surface area contributed by atoms with Crippen LogP contribution in [-0.2, 0) is 30.7 Å². The van der Waals surface area contributed by atoms with Crippen molar-refractivity contribution in [2.75, 3.05) is 52.5 Å². The molecule has 10 nitrogen and oxygen atoms in total. The summed E-state index contributed by atoms with van der Waals surface area (Å²) in [5.41, 5.74) is 8.33. The van der Waals surface area contributed by atoms with Gasteiger partial charge >= 0.3 is 6.09 Å². The lowest BCUT2D eigenvalue weighted by Gasteiger charge is -2.41. The highest BCUT2D eigenvalue weighted by Crippen LogP contribution is 2.33. The van der Waals surface area contributed by atoms with E-state index in [0.29, 0.717) is 56.1 Å². The molecule has 3 amide bonds. The number of carbonyl (C=O) groups excluding carboxylic acids is 3. The SMILES string of the molecule is CCCCN(CCCC)C(=O)c1cn(-c2cc3c(cc2C(=O)N2Cc4ccccc4C[C@H]2CN2CCOCC2)CN(C(=O)Oc2ccccc2)CC3)c(C)c1C. The van der Waals surface area contributed by atoms with Crippen LogP contribution in [0, 0.1) is 13.8 Å². The Morgan fingerprint density at radius 1 is 0.804 bits per heavy atom. The van der Waals surface area contributed by atoms with Crippen molar-refractivity contribution in [3.05, 3.63) is 118 Å². The van der Waals surface area contributed by atoms with Gasteiger partial charge in [-0.15, -0.1) is 0 Å². The van der Waals surface area contributed by atoms with Crippen LogP contribution in [0.25, 0.3) is 5.69 Å². The van der Waals surface area contributed by atoms with Gasteiger partial charge in [0, 0.05) is 70.3 Å². The summed E-state index contributed by atoms with van der Waals surface area (Å²) in [6.07, 6.45) is 6.88. The molecule has 4 heterocycles. The molecule has 4 aromatic rings. The van der Waals surface area contributed by atoms with E-state index in [0.717, 1.165) is 98.5 Å². The molecule has 0 saturated carbocycles. The summed E-state index contributed by atoms with van der Waals surface area (Å²) >= 11 is 0. The third kappa shape index (κ3) is 8.56. The van der Waals surface area contributed by atoms with E-state index in [1.54, 1.807) is 17.0 Å². The zero-order valence-corrected chi connectivity index (χ0v) is 33.6. The second-order valence-electron chi connectivity index (χ2n) is 15.6. The van der Waals surface area contributed by atoms with Crippen LogP contribution in [0.1, 0.15) is 93.8 Å². The van der Waals surface area contributed by atoms with Crippen LogP contribution in [-0.4, -0.2) is 101 Å². The van der Waals surface area contributed by atoms with E-state index in [2.05, 4.69) is 52.5 Å². The lowest BCUT2D eigenvalue weighted by molar-refractivity contribution is 0.0192. The Bertz CT molecular complexity index is 2010. The molecule has 1 fully saturated rings. The van der Waals surface area contributed by atoms with E-state index < -0.39 is 6.09 Å². The zero-order valence-electron chi connectivity index (χ0n) is 33.6. The van der Waals surface area contributed by atoms with Crippen LogP contribution in [0.4, 0.5) is 4.79 Å². The van der Waals surface area contributed by atoms with Crippen molar-refractivity contribution in [2.24, 2.45) is 0 Å². The molecule has 1 aromatic heterocycles. The summed E-state index contributed by atoms with van der Waals surface area (Å²) in [4.78, 5) is 51.2. The Morgan fingerprint density at radius 3 is 2.21 bits per heavy atom. The number of amides is 3. The van der Waals surface area contributed by atoms with E-state index in [4.69, 9.17) is 9.47 Å². The van der Waals surface area contributed by atoms with Crippen molar-refractivity contribution in [1.82, 2.24) is 24.2 Å². The van der Waals surface area contributed by atoms with E-state index >= 15 is 4.79 Å². The van der Waals surface area contributed by atoms with Crippen molar-refractivity contribution in [3.63, 3.8) is 0 Å². The molecule has 1 atom stereocenters. The minimum absolute atomic E-state index is 0.0351. The maximum Gasteiger partial charge on any atom is 0.415 e. The first kappa shape index (κ1) is 39.3. The maximum absolute atomic E-state index is 15.4. The van der Waals surface area contributed by atoms with Gasteiger partial charge in [0.25, 0.3) is 11.8 Å². The number of ether oxygens (including phenoxy) is 2. The predicted octanol–water partition coefficient (Wildman–Crippen LogP) is 7.59. The highest BCUT2D eigenvalue weighted by molar-refractivity contribution is 6.00. The van der Waals surface area contributed by atoms with Gasteiger partial charge in [0.2, 0.25) is 0 Å². The second-order valence-corrected chi connectivity index (χ2v) is 15.6. The molecule has 3 aliphatic rings. The number of rotatable bonds is 12. The topological polar surface area (TPSA) is 87.6 Å². The third-order valence-electron chi connectivity index (χ3n) is 11.9. The van der Waals surface area contributed by atoms with Crippen LogP contribution < -0.4 is 4.74 Å². The molecule has 0 spiro atoms. The van der Waals surface area contributed by atoms with E-state index in [9.17, 15) is 9.59 Å². The number of para-hydroxylation sites is 1. The molecule has 1 saturated heterocycles. The number of hydrogen-bond donors (Lipinski definition) is 0. The van der Waals surface area contributed by atoms with Crippen LogP contribution in [0.3, 0.4) is 0 Å². The standard InChI is InChI=1S/C46H57N5O5/c1-5-7-19-48(20-8-6-2)44(52)42-32-50(34(4)33(42)3)43-28-36-18-21-49(46(54)56-40-16-10-9-11-17-40)29-38(36)27-41(43)45(53)51-30-37-15-13-12-14-35(37)26-39(51)31-47-22-24-55-25-23-47/h9-17,27-28,32,39H,5-8,18-26,29-31H2,1-4H3/t39-/m0/s1. The Morgan fingerprint density at radius 2 is 1.50 bits per heavy atom. The molecular weight excluding hydrogens is 703 g/mol. The lowest BCUT2D eigenvalue weighted by Crippen LogP contribution is -2.52. The maximum atomic E-state index is 15.4. The number of nitrogens with zero attached hydrogens (tertiary/aromatic N) is 5. The average molecular weight is 760 g/mol. The Labute approximate surface area is 332 Å². The summed E-state index contributed by atoms with van der Waals surface area (Å²) in [5, 5.41) is 0. The quantitative estimate of drug-likeness (QED) is 0.148. The van der Waals surface area contributed by atoms with E-state index in [1.807, 2.05) is 55.3 Å². The lowest BCUT2D eigenvalue weighted by atomic mass is 9.91. The average Bonchev–Trinajstić information content (AvgIpc) is 3.52. The van der Waals surface area contributed by atoms with Crippen molar-refractivity contribution in [2.45, 2.75) is 85.4 Å². The number of unbranched alkanes of at least 4 members (excludes halogenated alkanes) is 2. The van der Waals surface area contributed by atoms with Crippen LogP contribution in [0.2, 0.25) is 0 Å². The molecule has 0 bridgehead atoms. The molecule has 0 radical (unpaired) electrons. The molecule has 7 rings (SSSR count). The number of carbonyl (C=O) groups is 3. The number of hydrogen-bond acceptors (Lipinski definition) is 6. The van der Waals surface area contributed by atoms with Crippen molar-refractivity contribution in [3.8, 4) is 11.4 Å². The van der Waals surface area contributed by atoms with Gasteiger partial charge < -0.3 is 28.7 Å². The van der Waals surface area contributed by atoms with Crippen molar-refractivity contribution in [1.29, 1.82) is 0 Å². The third-order valence-corrected chi connectivity index (χ3v) is 11.9. The van der Waals surface area contributed by atoms with E-state index in [1.165, 1.54) is 5.56 Å². The van der Waals surface area contributed by atoms with Gasteiger partial charge in [-0.1, -0.05) is 69.2 Å². The highest BCUT2D eigenvalue weighted by atomic mass is 16.6. The van der Waals surface area contributed by atoms with Gasteiger partial charge in [-0.05, 0) is 91.6 Å². The predicted molar refractivity (Wildman–Crippen MR) is 219 cm³/mol. The molecule has 3 aromatic carbocycles. The van der Waals surface area contributed by atoms with Gasteiger partial charge in [0.15, 0.2) is 0 Å². The van der Waals surface area contributed by atoms with Crippen molar-refractivity contribution < 1.29 is 23.9 Å². The van der Waals surface area contributed by atoms with Gasteiger partial charge in [0.05, 0.1) is 30.0 Å². The van der Waals surface area contributed by atoms with Crippen LogP contribution in [0.5, 0.6) is 5.75 Å². The number of fused-ring (bicyclic) bond motifs is 2. The van der Waals surface area contributed by atoms with Crippen LogP contribution in [0.15, 0.2) is 72.9 Å². The normalized spacial score (nSPS) is 17.0. The van der Waals surface area contributed by atoms with E-state index in [-0.39, 0.29) is 17.9 Å². The first-order chi connectivity index (χ1) is 27.2.